The van der Waals surface area contributed by atoms with Gasteiger partial charge in [0.05, 0.1) is 22.1 Å². The second kappa shape index (κ2) is 5.54. The first kappa shape index (κ1) is 13.1. The van der Waals surface area contributed by atoms with E-state index in [4.69, 9.17) is 22.1 Å². The van der Waals surface area contributed by atoms with Crippen molar-refractivity contribution in [2.24, 2.45) is 5.73 Å². The highest BCUT2D eigenvalue weighted by Gasteiger charge is 2.21. The number of nitrogens with two attached hydrogens (primary N) is 1. The summed E-state index contributed by atoms with van der Waals surface area (Å²) in [5, 5.41) is 11.1. The van der Waals surface area contributed by atoms with Gasteiger partial charge in [-0.1, -0.05) is 11.6 Å². The Hall–Kier alpha value is -1.33. The molecule has 1 aliphatic carbocycles. The number of nitro groups is 1. The van der Waals surface area contributed by atoms with Crippen molar-refractivity contribution in [1.82, 2.24) is 0 Å². The normalized spacial score (nSPS) is 23.7. The summed E-state index contributed by atoms with van der Waals surface area (Å²) in [6, 6.07) is 4.47. The van der Waals surface area contributed by atoms with E-state index < -0.39 is 4.92 Å². The van der Waals surface area contributed by atoms with E-state index in [-0.39, 0.29) is 17.8 Å². The molecule has 0 spiro atoms. The molecule has 0 aromatic heterocycles. The lowest BCUT2D eigenvalue weighted by molar-refractivity contribution is -0.384. The number of nitrogens with zero attached hydrogens (tertiary/aromatic N) is 1. The summed E-state index contributed by atoms with van der Waals surface area (Å²) in [5.74, 6) is 0.381. The lowest BCUT2D eigenvalue weighted by Crippen LogP contribution is -2.31. The molecular formula is C12H15ClN2O3. The van der Waals surface area contributed by atoms with Gasteiger partial charge in [-0.15, -0.1) is 0 Å². The molecule has 0 amide bonds. The van der Waals surface area contributed by atoms with Gasteiger partial charge in [0, 0.05) is 12.1 Å². The van der Waals surface area contributed by atoms with Crippen molar-refractivity contribution < 1.29 is 9.66 Å². The lowest BCUT2D eigenvalue weighted by Gasteiger charge is -2.27. The summed E-state index contributed by atoms with van der Waals surface area (Å²) in [7, 11) is 0. The standard InChI is InChI=1S/C12H15ClN2O3/c13-11-6-3-9(15(16)17)7-12(11)18-10-4-1-8(14)2-5-10/h3,6-8,10H,1-2,4-5,14H2. The van der Waals surface area contributed by atoms with Gasteiger partial charge in [-0.3, -0.25) is 10.1 Å². The summed E-state index contributed by atoms with van der Waals surface area (Å²) >= 11 is 5.98. The minimum absolute atomic E-state index is 0.0121. The first-order valence-electron chi connectivity index (χ1n) is 5.92. The third-order valence-corrected chi connectivity index (χ3v) is 3.45. The number of halogens is 1. The van der Waals surface area contributed by atoms with Crippen LogP contribution in [0.15, 0.2) is 18.2 Å². The Kier molecular flexibility index (Phi) is 4.04. The number of ether oxygens (including phenoxy) is 1. The van der Waals surface area contributed by atoms with E-state index >= 15 is 0 Å². The highest BCUT2D eigenvalue weighted by molar-refractivity contribution is 6.32. The zero-order valence-electron chi connectivity index (χ0n) is 9.84. The van der Waals surface area contributed by atoms with Crippen LogP contribution in [0, 0.1) is 10.1 Å². The molecule has 18 heavy (non-hydrogen) atoms. The Balaban J connectivity index is 2.08. The molecule has 1 aliphatic rings. The van der Waals surface area contributed by atoms with Crippen molar-refractivity contribution in [3.05, 3.63) is 33.3 Å². The molecule has 1 aromatic rings. The average molecular weight is 271 g/mol. The van der Waals surface area contributed by atoms with Gasteiger partial charge in [0.15, 0.2) is 0 Å². The zero-order valence-corrected chi connectivity index (χ0v) is 10.6. The Morgan fingerprint density at radius 3 is 2.61 bits per heavy atom. The molecule has 1 fully saturated rings. The number of benzene rings is 1. The van der Waals surface area contributed by atoms with E-state index in [0.717, 1.165) is 25.7 Å². The smallest absolute Gasteiger partial charge is 0.273 e. The Morgan fingerprint density at radius 1 is 1.33 bits per heavy atom. The molecular weight excluding hydrogens is 256 g/mol. The van der Waals surface area contributed by atoms with Crippen LogP contribution in [0.25, 0.3) is 0 Å². The highest BCUT2D eigenvalue weighted by Crippen LogP contribution is 2.32. The first-order chi connectivity index (χ1) is 8.56. The topological polar surface area (TPSA) is 78.4 Å². The quantitative estimate of drug-likeness (QED) is 0.677. The molecule has 98 valence electrons. The monoisotopic (exact) mass is 270 g/mol. The fourth-order valence-electron chi connectivity index (χ4n) is 2.08. The van der Waals surface area contributed by atoms with Gasteiger partial charge in [-0.2, -0.15) is 0 Å². The Morgan fingerprint density at radius 2 is 2.00 bits per heavy atom. The maximum atomic E-state index is 10.7. The van der Waals surface area contributed by atoms with Crippen LogP contribution in [0.1, 0.15) is 25.7 Å². The third kappa shape index (κ3) is 3.11. The number of hydrogen-bond donors (Lipinski definition) is 1. The minimum Gasteiger partial charge on any atom is -0.489 e. The molecule has 2 N–H and O–H groups in total. The van der Waals surface area contributed by atoms with Crippen LogP contribution in [0.4, 0.5) is 5.69 Å². The molecule has 6 heteroatoms. The van der Waals surface area contributed by atoms with Gasteiger partial charge >= 0.3 is 0 Å². The highest BCUT2D eigenvalue weighted by atomic mass is 35.5. The predicted molar refractivity (Wildman–Crippen MR) is 69.0 cm³/mol. The van der Waals surface area contributed by atoms with Gasteiger partial charge in [0.2, 0.25) is 0 Å². The first-order valence-corrected chi connectivity index (χ1v) is 6.30. The lowest BCUT2D eigenvalue weighted by atomic mass is 9.94. The molecule has 5 nitrogen and oxygen atoms in total. The van der Waals surface area contributed by atoms with Crippen LogP contribution in [-0.4, -0.2) is 17.1 Å². The molecule has 0 aliphatic heterocycles. The van der Waals surface area contributed by atoms with Gasteiger partial charge in [0.1, 0.15) is 5.75 Å². The molecule has 0 radical (unpaired) electrons. The summed E-state index contributed by atoms with van der Waals surface area (Å²) in [5.41, 5.74) is 5.80. The van der Waals surface area contributed by atoms with Gasteiger partial charge in [-0.05, 0) is 31.7 Å². The number of nitro benzene ring substituents is 1. The molecule has 0 saturated heterocycles. The molecule has 1 aromatic carbocycles. The summed E-state index contributed by atoms with van der Waals surface area (Å²) in [4.78, 5) is 10.2. The van der Waals surface area contributed by atoms with Crippen LogP contribution in [0.3, 0.4) is 0 Å². The Labute approximate surface area is 110 Å². The maximum absolute atomic E-state index is 10.7. The van der Waals surface area contributed by atoms with Gasteiger partial charge in [0.25, 0.3) is 5.69 Å². The minimum atomic E-state index is -0.458. The van der Waals surface area contributed by atoms with Crippen LogP contribution in [-0.2, 0) is 0 Å². The second-order valence-corrected chi connectivity index (χ2v) is 4.93. The van der Waals surface area contributed by atoms with E-state index in [1.54, 1.807) is 0 Å². The molecule has 0 heterocycles. The van der Waals surface area contributed by atoms with E-state index in [1.165, 1.54) is 18.2 Å². The fourth-order valence-corrected chi connectivity index (χ4v) is 2.24. The number of hydrogen-bond acceptors (Lipinski definition) is 4. The maximum Gasteiger partial charge on any atom is 0.273 e. The summed E-state index contributed by atoms with van der Waals surface area (Å²) in [6.07, 6.45) is 3.60. The van der Waals surface area contributed by atoms with Crippen molar-refractivity contribution in [2.75, 3.05) is 0 Å². The number of rotatable bonds is 3. The Bertz CT molecular complexity index is 445. The van der Waals surface area contributed by atoms with Crippen LogP contribution in [0.2, 0.25) is 5.02 Å². The van der Waals surface area contributed by atoms with E-state index in [0.29, 0.717) is 10.8 Å². The molecule has 0 unspecified atom stereocenters. The summed E-state index contributed by atoms with van der Waals surface area (Å²) < 4.78 is 5.73. The zero-order chi connectivity index (χ0) is 13.1. The van der Waals surface area contributed by atoms with E-state index in [9.17, 15) is 10.1 Å². The third-order valence-electron chi connectivity index (χ3n) is 3.14. The molecule has 1 saturated carbocycles. The van der Waals surface area contributed by atoms with Crippen molar-refractivity contribution in [1.29, 1.82) is 0 Å². The average Bonchev–Trinajstić information content (AvgIpc) is 2.34. The molecule has 0 bridgehead atoms. The largest absolute Gasteiger partial charge is 0.489 e. The van der Waals surface area contributed by atoms with E-state index in [1.807, 2.05) is 0 Å². The van der Waals surface area contributed by atoms with Crippen molar-refractivity contribution in [3.8, 4) is 5.75 Å². The molecule has 0 atom stereocenters. The van der Waals surface area contributed by atoms with Crippen molar-refractivity contribution in [3.63, 3.8) is 0 Å². The van der Waals surface area contributed by atoms with Gasteiger partial charge in [-0.25, -0.2) is 0 Å². The van der Waals surface area contributed by atoms with Crippen LogP contribution < -0.4 is 10.5 Å². The predicted octanol–water partition coefficient (Wildman–Crippen LogP) is 2.90. The fraction of sp³-hybridized carbons (Fsp3) is 0.500. The van der Waals surface area contributed by atoms with Gasteiger partial charge < -0.3 is 10.5 Å². The van der Waals surface area contributed by atoms with E-state index in [2.05, 4.69) is 0 Å². The molecule has 2 rings (SSSR count). The van der Waals surface area contributed by atoms with Crippen molar-refractivity contribution >= 4 is 17.3 Å². The van der Waals surface area contributed by atoms with Crippen LogP contribution in [0.5, 0.6) is 5.75 Å². The SMILES string of the molecule is NC1CCC(Oc2cc([N+](=O)[O-])ccc2Cl)CC1. The second-order valence-electron chi connectivity index (χ2n) is 4.53. The van der Waals surface area contributed by atoms with Crippen molar-refractivity contribution in [2.45, 2.75) is 37.8 Å². The van der Waals surface area contributed by atoms with Crippen LogP contribution >= 0.6 is 11.6 Å². The number of non-ortho nitro benzene ring substituents is 1. The summed E-state index contributed by atoms with van der Waals surface area (Å²) in [6.45, 7) is 0.